The fourth-order valence-electron chi connectivity index (χ4n) is 3.64. The average Bonchev–Trinajstić information content (AvgIpc) is 3.09. The highest BCUT2D eigenvalue weighted by Crippen LogP contribution is 2.28. The molecule has 26 heavy (non-hydrogen) atoms. The molecule has 2 heterocycles. The number of benzene rings is 2. The third-order valence-corrected chi connectivity index (χ3v) is 5.11. The summed E-state index contributed by atoms with van der Waals surface area (Å²) in [6.07, 6.45) is 2.41. The quantitative estimate of drug-likeness (QED) is 0.678. The summed E-state index contributed by atoms with van der Waals surface area (Å²) in [6.45, 7) is 1.97. The lowest BCUT2D eigenvalue weighted by molar-refractivity contribution is -0.137. The number of para-hydroxylation sites is 1. The Morgan fingerprint density at radius 2 is 1.65 bits per heavy atom. The molecule has 0 bridgehead atoms. The number of aromatic amines is 1. The number of amides is 2. The molecule has 3 aromatic rings. The minimum absolute atomic E-state index is 0.132. The largest absolute Gasteiger partial charge is 0.361 e. The summed E-state index contributed by atoms with van der Waals surface area (Å²) in [5, 5.41) is 6.90. The molecule has 5 nitrogen and oxygen atoms in total. The minimum Gasteiger partial charge on any atom is -0.361 e. The normalized spacial score (nSPS) is 21.3. The van der Waals surface area contributed by atoms with Crippen molar-refractivity contribution < 1.29 is 9.59 Å². The Morgan fingerprint density at radius 1 is 0.923 bits per heavy atom. The first kappa shape index (κ1) is 16.4. The van der Waals surface area contributed by atoms with Gasteiger partial charge in [-0.3, -0.25) is 9.59 Å². The molecule has 0 aliphatic carbocycles. The van der Waals surface area contributed by atoms with Crippen molar-refractivity contribution in [3.63, 3.8) is 0 Å². The van der Waals surface area contributed by atoms with Gasteiger partial charge in [-0.15, -0.1) is 0 Å². The van der Waals surface area contributed by atoms with E-state index < -0.39 is 12.1 Å². The van der Waals surface area contributed by atoms with Crippen molar-refractivity contribution in [2.45, 2.75) is 31.3 Å². The van der Waals surface area contributed by atoms with E-state index >= 15 is 0 Å². The molecule has 2 amide bonds. The highest BCUT2D eigenvalue weighted by molar-refractivity contribution is 5.98. The van der Waals surface area contributed by atoms with Crippen LogP contribution in [0.1, 0.15) is 24.0 Å². The standard InChI is InChI=1S/C21H21N3O2/c1-13(16-12-22-17-10-6-5-9-15(16)17)19-21(26)23-18(20(25)24-19)11-14-7-3-2-4-8-14/h2-10,12-13,18-19,22H,11H2,1H3,(H,23,26)(H,24,25)/t13?,18-,19-/m1/s1. The van der Waals surface area contributed by atoms with Gasteiger partial charge in [0.15, 0.2) is 0 Å². The van der Waals surface area contributed by atoms with Gasteiger partial charge in [0.05, 0.1) is 0 Å². The predicted molar refractivity (Wildman–Crippen MR) is 101 cm³/mol. The third kappa shape index (κ3) is 2.96. The molecule has 2 aromatic carbocycles. The lowest BCUT2D eigenvalue weighted by Gasteiger charge is -2.33. The summed E-state index contributed by atoms with van der Waals surface area (Å²) in [6, 6.07) is 16.6. The van der Waals surface area contributed by atoms with Crippen LogP contribution in [-0.2, 0) is 16.0 Å². The zero-order valence-electron chi connectivity index (χ0n) is 14.5. The van der Waals surface area contributed by atoms with Crippen LogP contribution in [0.3, 0.4) is 0 Å². The first-order valence-electron chi connectivity index (χ1n) is 8.84. The molecule has 1 aliphatic rings. The van der Waals surface area contributed by atoms with E-state index in [0.29, 0.717) is 6.42 Å². The Bertz CT molecular complexity index is 948. The molecular weight excluding hydrogens is 326 g/mol. The monoisotopic (exact) mass is 347 g/mol. The Kier molecular flexibility index (Phi) is 4.21. The molecule has 1 unspecified atom stereocenters. The van der Waals surface area contributed by atoms with E-state index in [1.165, 1.54) is 0 Å². The van der Waals surface area contributed by atoms with Crippen LogP contribution < -0.4 is 10.6 Å². The van der Waals surface area contributed by atoms with E-state index in [0.717, 1.165) is 22.0 Å². The molecular formula is C21H21N3O2. The van der Waals surface area contributed by atoms with Crippen molar-refractivity contribution in [2.24, 2.45) is 0 Å². The Hall–Kier alpha value is -3.08. The van der Waals surface area contributed by atoms with E-state index in [4.69, 9.17) is 0 Å². The molecule has 5 heteroatoms. The molecule has 0 spiro atoms. The van der Waals surface area contributed by atoms with E-state index in [1.807, 2.05) is 67.7 Å². The highest BCUT2D eigenvalue weighted by Gasteiger charge is 2.37. The van der Waals surface area contributed by atoms with Crippen LogP contribution in [0.5, 0.6) is 0 Å². The minimum atomic E-state index is -0.575. The molecule has 3 atom stereocenters. The van der Waals surface area contributed by atoms with Gasteiger partial charge in [-0.25, -0.2) is 0 Å². The van der Waals surface area contributed by atoms with Gasteiger partial charge in [-0.05, 0) is 17.2 Å². The van der Waals surface area contributed by atoms with E-state index in [-0.39, 0.29) is 17.7 Å². The number of H-pyrrole nitrogens is 1. The summed E-state index contributed by atoms with van der Waals surface area (Å²) >= 11 is 0. The number of hydrogen-bond donors (Lipinski definition) is 3. The van der Waals surface area contributed by atoms with Crippen LogP contribution in [0.15, 0.2) is 60.8 Å². The van der Waals surface area contributed by atoms with Crippen LogP contribution in [0.2, 0.25) is 0 Å². The summed E-state index contributed by atoms with van der Waals surface area (Å²) in [7, 11) is 0. The van der Waals surface area contributed by atoms with Gasteiger partial charge in [-0.2, -0.15) is 0 Å². The van der Waals surface area contributed by atoms with E-state index in [1.54, 1.807) is 0 Å². The van der Waals surface area contributed by atoms with Gasteiger partial charge in [0, 0.05) is 29.4 Å². The van der Waals surface area contributed by atoms with Crippen molar-refractivity contribution in [3.8, 4) is 0 Å². The highest BCUT2D eigenvalue weighted by atomic mass is 16.2. The van der Waals surface area contributed by atoms with Gasteiger partial charge in [0.2, 0.25) is 11.8 Å². The van der Waals surface area contributed by atoms with Gasteiger partial charge in [0.1, 0.15) is 12.1 Å². The van der Waals surface area contributed by atoms with Gasteiger partial charge in [0.25, 0.3) is 0 Å². The first-order valence-corrected chi connectivity index (χ1v) is 8.84. The zero-order chi connectivity index (χ0) is 18.1. The van der Waals surface area contributed by atoms with Crippen molar-refractivity contribution in [1.82, 2.24) is 15.6 Å². The van der Waals surface area contributed by atoms with Crippen LogP contribution in [0.4, 0.5) is 0 Å². The Morgan fingerprint density at radius 3 is 2.46 bits per heavy atom. The summed E-state index contributed by atoms with van der Waals surface area (Å²) in [5.74, 6) is -0.402. The molecule has 1 fully saturated rings. The second-order valence-electron chi connectivity index (χ2n) is 6.82. The molecule has 4 rings (SSSR count). The van der Waals surface area contributed by atoms with E-state index in [2.05, 4.69) is 15.6 Å². The van der Waals surface area contributed by atoms with Gasteiger partial charge >= 0.3 is 0 Å². The fourth-order valence-corrected chi connectivity index (χ4v) is 3.64. The van der Waals surface area contributed by atoms with Crippen LogP contribution in [-0.4, -0.2) is 28.9 Å². The third-order valence-electron chi connectivity index (χ3n) is 5.11. The maximum Gasteiger partial charge on any atom is 0.243 e. The summed E-state index contributed by atoms with van der Waals surface area (Å²) in [5.41, 5.74) is 3.08. The number of hydrogen-bond acceptors (Lipinski definition) is 2. The van der Waals surface area contributed by atoms with Crippen LogP contribution in [0.25, 0.3) is 10.9 Å². The van der Waals surface area contributed by atoms with Crippen LogP contribution >= 0.6 is 0 Å². The Balaban J connectivity index is 1.52. The lowest BCUT2D eigenvalue weighted by atomic mass is 9.90. The molecule has 1 saturated heterocycles. The predicted octanol–water partition coefficient (Wildman–Crippen LogP) is 2.50. The number of carbonyl (C=O) groups excluding carboxylic acids is 2. The zero-order valence-corrected chi connectivity index (χ0v) is 14.5. The smallest absolute Gasteiger partial charge is 0.243 e. The lowest BCUT2D eigenvalue weighted by Crippen LogP contribution is -2.63. The summed E-state index contributed by atoms with van der Waals surface area (Å²) in [4.78, 5) is 28.5. The van der Waals surface area contributed by atoms with Crippen molar-refractivity contribution >= 4 is 22.7 Å². The molecule has 132 valence electrons. The number of nitrogens with one attached hydrogen (secondary N) is 3. The molecule has 0 radical (unpaired) electrons. The number of fused-ring (bicyclic) bond motifs is 1. The number of piperazine rings is 1. The van der Waals surface area contributed by atoms with Crippen molar-refractivity contribution in [1.29, 1.82) is 0 Å². The number of carbonyl (C=O) groups is 2. The average molecular weight is 347 g/mol. The van der Waals surface area contributed by atoms with Gasteiger partial charge < -0.3 is 15.6 Å². The van der Waals surface area contributed by atoms with E-state index in [9.17, 15) is 9.59 Å². The maximum atomic E-state index is 12.7. The molecule has 3 N–H and O–H groups in total. The number of aromatic nitrogens is 1. The fraction of sp³-hybridized carbons (Fsp3) is 0.238. The topological polar surface area (TPSA) is 74.0 Å². The maximum absolute atomic E-state index is 12.7. The molecule has 1 aromatic heterocycles. The molecule has 0 saturated carbocycles. The summed E-state index contributed by atoms with van der Waals surface area (Å²) < 4.78 is 0. The second kappa shape index (κ2) is 6.67. The Labute approximate surface area is 151 Å². The first-order chi connectivity index (χ1) is 12.6. The van der Waals surface area contributed by atoms with Crippen molar-refractivity contribution in [2.75, 3.05) is 0 Å². The van der Waals surface area contributed by atoms with Gasteiger partial charge in [-0.1, -0.05) is 55.5 Å². The van der Waals surface area contributed by atoms with Crippen molar-refractivity contribution in [3.05, 3.63) is 71.9 Å². The van der Waals surface area contributed by atoms with Crippen LogP contribution in [0, 0.1) is 0 Å². The SMILES string of the molecule is CC(c1c[nH]c2ccccc12)[C@H]1NC(=O)[C@@H](Cc2ccccc2)NC1=O. The molecule has 1 aliphatic heterocycles. The number of rotatable bonds is 4. The second-order valence-corrected chi connectivity index (χ2v) is 6.82.